The summed E-state index contributed by atoms with van der Waals surface area (Å²) in [5, 5.41) is 8.66. The summed E-state index contributed by atoms with van der Waals surface area (Å²) in [6.07, 6.45) is 2.86. The van der Waals surface area contributed by atoms with E-state index < -0.39 is 22.1 Å². The number of carbonyl (C=O) groups excluding carboxylic acids is 1. The first-order chi connectivity index (χ1) is 16.9. The Labute approximate surface area is 210 Å². The minimum absolute atomic E-state index is 0.0562. The Morgan fingerprint density at radius 1 is 1.19 bits per heavy atom. The van der Waals surface area contributed by atoms with Gasteiger partial charge in [0.15, 0.2) is 0 Å². The first kappa shape index (κ1) is 25.8. The van der Waals surface area contributed by atoms with Gasteiger partial charge in [-0.15, -0.1) is 0 Å². The predicted molar refractivity (Wildman–Crippen MR) is 129 cm³/mol. The van der Waals surface area contributed by atoms with Crippen LogP contribution in [0.5, 0.6) is 0 Å². The number of nitrogens with zero attached hydrogens (tertiary/aromatic N) is 5. The third-order valence-corrected chi connectivity index (χ3v) is 7.35. The van der Waals surface area contributed by atoms with Crippen LogP contribution in [-0.2, 0) is 23.0 Å². The van der Waals surface area contributed by atoms with Gasteiger partial charge in [0.05, 0.1) is 29.5 Å². The Morgan fingerprint density at radius 3 is 2.56 bits per heavy atom. The first-order valence-corrected chi connectivity index (χ1v) is 12.7. The van der Waals surface area contributed by atoms with E-state index in [1.165, 1.54) is 5.01 Å². The fourth-order valence-corrected chi connectivity index (χ4v) is 4.78. The molecule has 1 N–H and O–H groups in total. The van der Waals surface area contributed by atoms with E-state index >= 15 is 0 Å². The second-order valence-electron chi connectivity index (χ2n) is 8.06. The van der Waals surface area contributed by atoms with Gasteiger partial charge in [0.1, 0.15) is 17.7 Å². The number of rotatable bonds is 6. The van der Waals surface area contributed by atoms with Gasteiger partial charge in [-0.2, -0.15) is 26.7 Å². The van der Waals surface area contributed by atoms with Gasteiger partial charge in [-0.05, 0) is 42.7 Å². The fourth-order valence-electron chi connectivity index (χ4n) is 3.86. The molecular formula is C22H22ClF3N6O3S. The van der Waals surface area contributed by atoms with Crippen LogP contribution in [0, 0.1) is 6.92 Å². The van der Waals surface area contributed by atoms with Crippen molar-refractivity contribution in [3.63, 3.8) is 0 Å². The zero-order valence-corrected chi connectivity index (χ0v) is 20.8. The number of aromatic nitrogens is 2. The van der Waals surface area contributed by atoms with Crippen LogP contribution in [0.1, 0.15) is 34.2 Å². The fraction of sp³-hybridized carbons (Fsp3) is 0.318. The molecule has 36 heavy (non-hydrogen) atoms. The molecule has 3 aromatic rings. The number of amides is 1. The van der Waals surface area contributed by atoms with Gasteiger partial charge in [0, 0.05) is 12.7 Å². The molecule has 0 spiro atoms. The second kappa shape index (κ2) is 9.62. The molecule has 0 unspecified atom stereocenters. The van der Waals surface area contributed by atoms with Gasteiger partial charge in [0.2, 0.25) is 0 Å². The van der Waals surface area contributed by atoms with E-state index in [9.17, 15) is 26.4 Å². The summed E-state index contributed by atoms with van der Waals surface area (Å²) in [6.45, 7) is 3.46. The summed E-state index contributed by atoms with van der Waals surface area (Å²) in [5.41, 5.74) is -1.58. The molecule has 1 amide bonds. The zero-order valence-electron chi connectivity index (χ0n) is 19.3. The van der Waals surface area contributed by atoms with Crippen molar-refractivity contribution in [1.29, 1.82) is 0 Å². The monoisotopic (exact) mass is 542 g/mol. The predicted octanol–water partition coefficient (Wildman–Crippen LogP) is 3.70. The number of hydrazone groups is 1. The number of alkyl halides is 3. The number of halogens is 4. The van der Waals surface area contributed by atoms with E-state index in [2.05, 4.69) is 15.4 Å². The number of hydrogen-bond acceptors (Lipinski definition) is 6. The number of benzene rings is 1. The highest BCUT2D eigenvalue weighted by molar-refractivity contribution is 7.90. The van der Waals surface area contributed by atoms with Crippen molar-refractivity contribution in [2.24, 2.45) is 5.10 Å². The molecule has 14 heteroatoms. The van der Waals surface area contributed by atoms with Gasteiger partial charge >= 0.3 is 15.5 Å². The average Bonchev–Trinajstić information content (AvgIpc) is 3.20. The number of pyridine rings is 1. The number of fused-ring (bicyclic) bond motifs is 1. The third kappa shape index (κ3) is 4.85. The van der Waals surface area contributed by atoms with Crippen LogP contribution in [0.2, 0.25) is 5.02 Å². The van der Waals surface area contributed by atoms with E-state index in [1.807, 2.05) is 13.0 Å². The van der Waals surface area contributed by atoms with Crippen LogP contribution in [-0.4, -0.2) is 53.0 Å². The van der Waals surface area contributed by atoms with Crippen molar-refractivity contribution in [2.75, 3.05) is 18.1 Å². The summed E-state index contributed by atoms with van der Waals surface area (Å²) >= 11 is 6.09. The topological polar surface area (TPSA) is 99.4 Å². The largest absolute Gasteiger partial charge is 0.516 e. The average molecular weight is 543 g/mol. The van der Waals surface area contributed by atoms with Gasteiger partial charge in [0.25, 0.3) is 5.91 Å². The lowest BCUT2D eigenvalue weighted by Crippen LogP contribution is -2.46. The smallest absolute Gasteiger partial charge is 0.347 e. The Hall–Kier alpha value is -3.32. The molecule has 1 aliphatic heterocycles. The first-order valence-electron chi connectivity index (χ1n) is 10.9. The summed E-state index contributed by atoms with van der Waals surface area (Å²) in [5.74, 6) is -0.310. The Balaban J connectivity index is 1.47. The molecule has 1 aliphatic rings. The molecule has 192 valence electrons. The lowest BCUT2D eigenvalue weighted by molar-refractivity contribution is -0.0471. The highest BCUT2D eigenvalue weighted by Crippen LogP contribution is 2.28. The van der Waals surface area contributed by atoms with E-state index in [-0.39, 0.29) is 23.3 Å². The van der Waals surface area contributed by atoms with E-state index in [0.717, 1.165) is 11.1 Å². The summed E-state index contributed by atoms with van der Waals surface area (Å²) in [4.78, 5) is 17.5. The summed E-state index contributed by atoms with van der Waals surface area (Å²) in [7, 11) is -5.47. The minimum atomic E-state index is -5.47. The maximum absolute atomic E-state index is 13.0. The Kier molecular flexibility index (Phi) is 6.88. The number of anilines is 1. The van der Waals surface area contributed by atoms with Crippen molar-refractivity contribution in [3.05, 3.63) is 64.1 Å². The third-order valence-electron chi connectivity index (χ3n) is 5.65. The number of aryl methyl sites for hydroxylation is 2. The van der Waals surface area contributed by atoms with Crippen LogP contribution < -0.4 is 10.3 Å². The number of nitrogens with one attached hydrogen (secondary N) is 1. The Morgan fingerprint density at radius 2 is 1.94 bits per heavy atom. The molecular weight excluding hydrogens is 521 g/mol. The van der Waals surface area contributed by atoms with Gasteiger partial charge in [-0.3, -0.25) is 14.2 Å². The highest BCUT2D eigenvalue weighted by Gasteiger charge is 2.50. The van der Waals surface area contributed by atoms with Gasteiger partial charge in [-0.1, -0.05) is 30.7 Å². The van der Waals surface area contributed by atoms with Crippen molar-refractivity contribution in [1.82, 2.24) is 19.0 Å². The molecule has 0 radical (unpaired) electrons. The van der Waals surface area contributed by atoms with Crippen LogP contribution in [0.4, 0.5) is 18.9 Å². The second-order valence-corrected chi connectivity index (χ2v) is 10.4. The molecule has 2 aromatic heterocycles. The van der Waals surface area contributed by atoms with Crippen LogP contribution in [0.15, 0.2) is 41.6 Å². The van der Waals surface area contributed by atoms with E-state index in [0.29, 0.717) is 40.5 Å². The maximum Gasteiger partial charge on any atom is 0.516 e. The summed E-state index contributed by atoms with van der Waals surface area (Å²) < 4.78 is 63.2. The number of sulfonamides is 1. The molecule has 3 heterocycles. The Bertz CT molecular complexity index is 1460. The number of hydrogen-bond donors (Lipinski definition) is 1. The lowest BCUT2D eigenvalue weighted by atomic mass is 10.1. The van der Waals surface area contributed by atoms with Crippen molar-refractivity contribution in [2.45, 2.75) is 32.3 Å². The van der Waals surface area contributed by atoms with Gasteiger partial charge in [-0.25, -0.2) is 9.29 Å². The molecule has 0 fully saturated rings. The summed E-state index contributed by atoms with van der Waals surface area (Å²) in [6, 6.07) is 8.72. The molecule has 9 nitrogen and oxygen atoms in total. The molecule has 4 rings (SSSR count). The SMILES string of the molecule is CCc1nc2ccc(Cl)cn2c1C(=O)NCc1ccc(N2CCN(S(=O)(=O)C(F)(F)F)C=N2)c(C)c1. The van der Waals surface area contributed by atoms with Crippen LogP contribution in [0.25, 0.3) is 5.65 Å². The van der Waals surface area contributed by atoms with Gasteiger partial charge < -0.3 is 5.32 Å². The molecule has 0 bridgehead atoms. The minimum Gasteiger partial charge on any atom is -0.347 e. The quantitative estimate of drug-likeness (QED) is 0.512. The molecule has 0 saturated carbocycles. The maximum atomic E-state index is 13.0. The van der Waals surface area contributed by atoms with Crippen molar-refractivity contribution < 1.29 is 26.4 Å². The van der Waals surface area contributed by atoms with Crippen LogP contribution in [0.3, 0.4) is 0 Å². The van der Waals surface area contributed by atoms with E-state index in [1.54, 1.807) is 41.8 Å². The van der Waals surface area contributed by atoms with Crippen molar-refractivity contribution in [3.8, 4) is 0 Å². The molecule has 1 aromatic carbocycles. The standard InChI is InChI=1S/C22H22ClF3N6O3S/c1-3-17-20(31-12-16(23)5-7-19(31)29-17)21(33)27-11-15-4-6-18(14(2)10-15)32-9-8-30(13-28-32)36(34,35)22(24,25)26/h4-7,10,12-13H,3,8-9,11H2,1-2H3,(H,27,33). The van der Waals surface area contributed by atoms with Crippen LogP contribution >= 0.6 is 11.6 Å². The number of carbonyl (C=O) groups is 1. The van der Waals surface area contributed by atoms with E-state index in [4.69, 9.17) is 11.6 Å². The number of imidazole rings is 1. The molecule has 0 atom stereocenters. The molecule has 0 saturated heterocycles. The molecule has 0 aliphatic carbocycles. The zero-order chi connectivity index (χ0) is 26.3. The normalized spacial score (nSPS) is 14.5. The van der Waals surface area contributed by atoms with Crippen molar-refractivity contribution >= 4 is 45.2 Å². The lowest BCUT2D eigenvalue weighted by Gasteiger charge is -2.30. The highest BCUT2D eigenvalue weighted by atomic mass is 35.5.